The van der Waals surface area contributed by atoms with E-state index >= 15 is 0 Å². The zero-order valence-corrected chi connectivity index (χ0v) is 15.6. The Labute approximate surface area is 155 Å². The molecule has 3 fully saturated rings. The molecular weight excluding hydrogens is 334 g/mol. The number of fused-ring (bicyclic) bond motifs is 1. The summed E-state index contributed by atoms with van der Waals surface area (Å²) in [5.41, 5.74) is 0.307. The van der Waals surface area contributed by atoms with Gasteiger partial charge in [-0.05, 0) is 50.2 Å². The van der Waals surface area contributed by atoms with Crippen LogP contribution < -0.4 is 4.90 Å². The van der Waals surface area contributed by atoms with E-state index in [0.717, 1.165) is 64.0 Å². The van der Waals surface area contributed by atoms with E-state index < -0.39 is 17.2 Å². The molecule has 2 saturated heterocycles. The Morgan fingerprint density at radius 1 is 1.12 bits per heavy atom. The van der Waals surface area contributed by atoms with Gasteiger partial charge in [-0.25, -0.2) is 8.78 Å². The second-order valence-electron chi connectivity index (χ2n) is 8.49. The number of nitrogens with zero attached hydrogens (tertiary/aromatic N) is 2. The van der Waals surface area contributed by atoms with E-state index in [-0.39, 0.29) is 0 Å². The van der Waals surface area contributed by atoms with Crippen LogP contribution in [0.5, 0.6) is 0 Å². The summed E-state index contributed by atoms with van der Waals surface area (Å²) < 4.78 is 26.6. The second-order valence-corrected chi connectivity index (χ2v) is 8.49. The van der Waals surface area contributed by atoms with Crippen molar-refractivity contribution in [3.05, 3.63) is 29.8 Å². The molecule has 4 rings (SSSR count). The van der Waals surface area contributed by atoms with Gasteiger partial charge in [0, 0.05) is 49.9 Å². The zero-order valence-electron chi connectivity index (χ0n) is 15.6. The van der Waals surface area contributed by atoms with Crippen LogP contribution in [-0.4, -0.2) is 47.8 Å². The van der Waals surface area contributed by atoms with E-state index in [1.807, 2.05) is 0 Å². The number of piperidine rings is 1. The summed E-state index contributed by atoms with van der Waals surface area (Å²) in [5, 5.41) is 11.0. The van der Waals surface area contributed by atoms with Gasteiger partial charge in [0.1, 0.15) is 0 Å². The number of aliphatic hydroxyl groups is 1. The summed E-state index contributed by atoms with van der Waals surface area (Å²) in [6.07, 6.45) is 6.29. The molecule has 1 saturated carbocycles. The number of hydrogen-bond acceptors (Lipinski definition) is 3. The van der Waals surface area contributed by atoms with Crippen LogP contribution in [0.2, 0.25) is 0 Å². The number of halogens is 2. The van der Waals surface area contributed by atoms with Crippen molar-refractivity contribution >= 4 is 5.69 Å². The first-order chi connectivity index (χ1) is 12.5. The lowest BCUT2D eigenvalue weighted by molar-refractivity contribution is -0.0617. The minimum Gasteiger partial charge on any atom is -0.390 e. The van der Waals surface area contributed by atoms with E-state index in [2.05, 4.69) is 16.7 Å². The molecule has 0 spiro atoms. The summed E-state index contributed by atoms with van der Waals surface area (Å²) in [7, 11) is 0. The quantitative estimate of drug-likeness (QED) is 0.884. The van der Waals surface area contributed by atoms with Crippen LogP contribution in [0.15, 0.2) is 18.2 Å². The average Bonchev–Trinajstić information content (AvgIpc) is 3.10. The van der Waals surface area contributed by atoms with Crippen LogP contribution in [0.3, 0.4) is 0 Å². The molecule has 5 heteroatoms. The van der Waals surface area contributed by atoms with Gasteiger partial charge in [-0.1, -0.05) is 13.3 Å². The van der Waals surface area contributed by atoms with Gasteiger partial charge in [0.25, 0.3) is 0 Å². The normalized spacial score (nSPS) is 33.5. The van der Waals surface area contributed by atoms with Crippen LogP contribution >= 0.6 is 0 Å². The van der Waals surface area contributed by atoms with Crippen LogP contribution in [0.4, 0.5) is 14.5 Å². The Bertz CT molecular complexity index is 647. The SMILES string of the molecule is CC[C@@]1(O)CCC[C@@H]2CN(C3CCN(c4ccc(F)c(F)c4)CC3)C[C@@H]21. The zero-order chi connectivity index (χ0) is 18.3. The Balaban J connectivity index is 1.37. The summed E-state index contributed by atoms with van der Waals surface area (Å²) in [4.78, 5) is 4.76. The van der Waals surface area contributed by atoms with Crippen molar-refractivity contribution < 1.29 is 13.9 Å². The van der Waals surface area contributed by atoms with Crippen LogP contribution in [0.1, 0.15) is 45.4 Å². The summed E-state index contributed by atoms with van der Waals surface area (Å²) >= 11 is 0. The second kappa shape index (κ2) is 7.08. The maximum absolute atomic E-state index is 13.5. The van der Waals surface area contributed by atoms with E-state index in [1.165, 1.54) is 18.6 Å². The summed E-state index contributed by atoms with van der Waals surface area (Å²) in [6, 6.07) is 4.74. The van der Waals surface area contributed by atoms with Crippen molar-refractivity contribution in [2.75, 3.05) is 31.1 Å². The number of anilines is 1. The fourth-order valence-electron chi connectivity index (χ4n) is 5.57. The molecule has 0 unspecified atom stereocenters. The highest BCUT2D eigenvalue weighted by Crippen LogP contribution is 2.45. The fraction of sp³-hybridized carbons (Fsp3) is 0.714. The predicted octanol–water partition coefficient (Wildman–Crippen LogP) is 3.81. The van der Waals surface area contributed by atoms with Gasteiger partial charge in [0.15, 0.2) is 11.6 Å². The van der Waals surface area contributed by atoms with Gasteiger partial charge >= 0.3 is 0 Å². The van der Waals surface area contributed by atoms with Crippen LogP contribution in [0, 0.1) is 23.5 Å². The molecule has 0 bridgehead atoms. The van der Waals surface area contributed by atoms with Gasteiger partial charge in [0.05, 0.1) is 5.60 Å². The maximum Gasteiger partial charge on any atom is 0.160 e. The summed E-state index contributed by atoms with van der Waals surface area (Å²) in [5.74, 6) is -0.498. The molecule has 2 heterocycles. The Morgan fingerprint density at radius 3 is 2.58 bits per heavy atom. The molecule has 1 aromatic carbocycles. The largest absolute Gasteiger partial charge is 0.390 e. The average molecular weight is 364 g/mol. The van der Waals surface area contributed by atoms with Crippen LogP contribution in [0.25, 0.3) is 0 Å². The monoisotopic (exact) mass is 364 g/mol. The van der Waals surface area contributed by atoms with Crippen molar-refractivity contribution in [3.63, 3.8) is 0 Å². The third kappa shape index (κ3) is 3.24. The van der Waals surface area contributed by atoms with E-state index in [0.29, 0.717) is 17.9 Å². The molecule has 1 aromatic rings. The Hall–Kier alpha value is -1.20. The summed E-state index contributed by atoms with van der Waals surface area (Å²) in [6.45, 7) is 6.00. The molecule has 1 aliphatic carbocycles. The number of rotatable bonds is 3. The molecule has 0 radical (unpaired) electrons. The Kier molecular flexibility index (Phi) is 4.95. The van der Waals surface area contributed by atoms with Gasteiger partial charge in [0.2, 0.25) is 0 Å². The van der Waals surface area contributed by atoms with Crippen LogP contribution in [-0.2, 0) is 0 Å². The lowest BCUT2D eigenvalue weighted by atomic mass is 9.69. The molecule has 144 valence electrons. The predicted molar refractivity (Wildman–Crippen MR) is 99.2 cm³/mol. The van der Waals surface area contributed by atoms with Crippen molar-refractivity contribution in [2.45, 2.75) is 57.1 Å². The standard InChI is InChI=1S/C21H30F2N2O/c1-2-21(26)9-3-4-15-13-25(14-18(15)21)16-7-10-24(11-8-16)17-5-6-19(22)20(23)12-17/h5-6,12,15-16,18,26H,2-4,7-11,13-14H2,1H3/t15-,18+,21-/m1/s1. The third-order valence-corrected chi connectivity index (χ3v) is 7.21. The smallest absolute Gasteiger partial charge is 0.160 e. The van der Waals surface area contributed by atoms with Gasteiger partial charge < -0.3 is 10.0 Å². The molecule has 0 aromatic heterocycles. The van der Waals surface area contributed by atoms with Crippen molar-refractivity contribution in [1.82, 2.24) is 4.90 Å². The molecule has 2 aliphatic heterocycles. The minimum absolute atomic E-state index is 0.422. The number of benzene rings is 1. The Morgan fingerprint density at radius 2 is 1.88 bits per heavy atom. The van der Waals surface area contributed by atoms with E-state index in [9.17, 15) is 13.9 Å². The first-order valence-corrected chi connectivity index (χ1v) is 10.2. The molecular formula is C21H30F2N2O. The lowest BCUT2D eigenvalue weighted by Crippen LogP contribution is -2.46. The first-order valence-electron chi connectivity index (χ1n) is 10.2. The van der Waals surface area contributed by atoms with Crippen molar-refractivity contribution in [2.24, 2.45) is 11.8 Å². The van der Waals surface area contributed by atoms with Crippen molar-refractivity contribution in [3.8, 4) is 0 Å². The van der Waals surface area contributed by atoms with Crippen molar-refractivity contribution in [1.29, 1.82) is 0 Å². The molecule has 0 amide bonds. The topological polar surface area (TPSA) is 26.7 Å². The lowest BCUT2D eigenvalue weighted by Gasteiger charge is -2.41. The maximum atomic E-state index is 13.5. The fourth-order valence-corrected chi connectivity index (χ4v) is 5.57. The van der Waals surface area contributed by atoms with Gasteiger partial charge in [-0.2, -0.15) is 0 Å². The van der Waals surface area contributed by atoms with Gasteiger partial charge in [-0.15, -0.1) is 0 Å². The molecule has 1 N–H and O–H groups in total. The first kappa shape index (κ1) is 18.2. The third-order valence-electron chi connectivity index (χ3n) is 7.21. The number of likely N-dealkylation sites (tertiary alicyclic amines) is 1. The van der Waals surface area contributed by atoms with Gasteiger partial charge in [-0.3, -0.25) is 4.90 Å². The minimum atomic E-state index is -0.785. The highest BCUT2D eigenvalue weighted by molar-refractivity contribution is 5.47. The van der Waals surface area contributed by atoms with E-state index in [1.54, 1.807) is 6.07 Å². The molecule has 26 heavy (non-hydrogen) atoms. The molecule has 3 aliphatic rings. The molecule has 3 atom stereocenters. The molecule has 3 nitrogen and oxygen atoms in total. The number of hydrogen-bond donors (Lipinski definition) is 1. The highest BCUT2D eigenvalue weighted by atomic mass is 19.2. The van der Waals surface area contributed by atoms with E-state index in [4.69, 9.17) is 0 Å². The highest BCUT2D eigenvalue weighted by Gasteiger charge is 2.48.